The third-order valence-electron chi connectivity index (χ3n) is 2.82. The van der Waals surface area contributed by atoms with Crippen molar-refractivity contribution in [3.63, 3.8) is 0 Å². The molecular weight excluding hydrogens is 206 g/mol. The van der Waals surface area contributed by atoms with Gasteiger partial charge in [0.2, 0.25) is 0 Å². The predicted octanol–water partition coefficient (Wildman–Crippen LogP) is 2.76. The Balaban J connectivity index is 4.41. The molecule has 2 N–H and O–H groups in total. The van der Waals surface area contributed by atoms with Crippen LogP contribution in [0.3, 0.4) is 0 Å². The molecule has 4 nitrogen and oxygen atoms in total. The SMILES string of the molecule is CC(CCC(C)(C)N(O)C(C)(C)C)C(=O)O. The van der Waals surface area contributed by atoms with Crippen LogP contribution in [-0.4, -0.2) is 32.4 Å². The normalized spacial score (nSPS) is 15.2. The Morgan fingerprint density at radius 2 is 1.69 bits per heavy atom. The summed E-state index contributed by atoms with van der Waals surface area (Å²) in [4.78, 5) is 10.7. The minimum atomic E-state index is -0.781. The standard InChI is InChI=1S/C12H25NO3/c1-9(10(14)15)7-8-12(5,6)13(16)11(2,3)4/h9,16H,7-8H2,1-6H3,(H,14,15). The number of nitrogens with zero attached hydrogens (tertiary/aromatic N) is 1. The van der Waals surface area contributed by atoms with Crippen LogP contribution in [-0.2, 0) is 4.79 Å². The van der Waals surface area contributed by atoms with Gasteiger partial charge in [-0.15, -0.1) is 0 Å². The molecule has 96 valence electrons. The van der Waals surface area contributed by atoms with Crippen molar-refractivity contribution in [1.82, 2.24) is 5.06 Å². The second-order valence-corrected chi connectivity index (χ2v) is 6.07. The fourth-order valence-corrected chi connectivity index (χ4v) is 1.71. The van der Waals surface area contributed by atoms with Crippen LogP contribution in [0, 0.1) is 5.92 Å². The Bertz CT molecular complexity index is 243. The average molecular weight is 231 g/mol. The number of carboxylic acid groups (broad SMARTS) is 1. The van der Waals surface area contributed by atoms with E-state index in [2.05, 4.69) is 0 Å². The molecule has 0 saturated carbocycles. The summed E-state index contributed by atoms with van der Waals surface area (Å²) in [5, 5.41) is 20.2. The number of carbonyl (C=O) groups is 1. The molecular formula is C12H25NO3. The van der Waals surface area contributed by atoms with Crippen molar-refractivity contribution < 1.29 is 15.1 Å². The lowest BCUT2D eigenvalue weighted by atomic mass is 9.90. The molecule has 16 heavy (non-hydrogen) atoms. The fourth-order valence-electron chi connectivity index (χ4n) is 1.71. The molecule has 0 amide bonds. The molecule has 0 fully saturated rings. The van der Waals surface area contributed by atoms with E-state index in [0.717, 1.165) is 0 Å². The van der Waals surface area contributed by atoms with Crippen LogP contribution >= 0.6 is 0 Å². The minimum Gasteiger partial charge on any atom is -0.481 e. The highest BCUT2D eigenvalue weighted by Gasteiger charge is 2.34. The monoisotopic (exact) mass is 231 g/mol. The Labute approximate surface area is 98.2 Å². The van der Waals surface area contributed by atoms with E-state index in [0.29, 0.717) is 12.8 Å². The Morgan fingerprint density at radius 1 is 1.25 bits per heavy atom. The Kier molecular flexibility index (Phi) is 4.95. The maximum atomic E-state index is 10.7. The average Bonchev–Trinajstić information content (AvgIpc) is 2.11. The highest BCUT2D eigenvalue weighted by molar-refractivity contribution is 5.69. The molecule has 0 heterocycles. The van der Waals surface area contributed by atoms with Gasteiger partial charge >= 0.3 is 5.97 Å². The molecule has 0 aromatic heterocycles. The zero-order chi connectivity index (χ0) is 13.1. The van der Waals surface area contributed by atoms with Crippen LogP contribution in [0.5, 0.6) is 0 Å². The maximum absolute atomic E-state index is 10.7. The molecule has 0 spiro atoms. The summed E-state index contributed by atoms with van der Waals surface area (Å²) >= 11 is 0. The molecule has 0 aromatic carbocycles. The number of aliphatic carboxylic acids is 1. The van der Waals surface area contributed by atoms with Gasteiger partial charge in [0.25, 0.3) is 0 Å². The summed E-state index contributed by atoms with van der Waals surface area (Å²) in [6, 6.07) is 0. The van der Waals surface area contributed by atoms with Gasteiger partial charge in [0.1, 0.15) is 0 Å². The lowest BCUT2D eigenvalue weighted by Gasteiger charge is -2.42. The maximum Gasteiger partial charge on any atom is 0.306 e. The molecule has 0 aliphatic heterocycles. The molecule has 0 saturated heterocycles. The molecule has 1 atom stereocenters. The van der Waals surface area contributed by atoms with E-state index in [9.17, 15) is 10.0 Å². The smallest absolute Gasteiger partial charge is 0.306 e. The number of hydrogen-bond donors (Lipinski definition) is 2. The van der Waals surface area contributed by atoms with E-state index in [-0.39, 0.29) is 11.5 Å². The second kappa shape index (κ2) is 5.15. The van der Waals surface area contributed by atoms with Gasteiger partial charge in [-0.1, -0.05) is 6.92 Å². The first kappa shape index (κ1) is 15.4. The third kappa shape index (κ3) is 4.49. The summed E-state index contributed by atoms with van der Waals surface area (Å²) in [7, 11) is 0. The van der Waals surface area contributed by atoms with Crippen LogP contribution in [0.4, 0.5) is 0 Å². The van der Waals surface area contributed by atoms with Gasteiger partial charge in [-0.2, -0.15) is 5.06 Å². The summed E-state index contributed by atoms with van der Waals surface area (Å²) in [5.41, 5.74) is -0.752. The molecule has 0 aromatic rings. The molecule has 0 rings (SSSR count). The molecule has 0 radical (unpaired) electrons. The first-order valence-electron chi connectivity index (χ1n) is 5.70. The third-order valence-corrected chi connectivity index (χ3v) is 2.82. The van der Waals surface area contributed by atoms with E-state index < -0.39 is 11.5 Å². The first-order chi connectivity index (χ1) is 6.98. The quantitative estimate of drug-likeness (QED) is 0.714. The van der Waals surface area contributed by atoms with Gasteiger partial charge in [-0.05, 0) is 47.5 Å². The molecule has 0 aliphatic carbocycles. The van der Waals surface area contributed by atoms with Crippen LogP contribution in [0.2, 0.25) is 0 Å². The summed E-state index contributed by atoms with van der Waals surface area (Å²) in [5.74, 6) is -1.15. The lowest BCUT2D eigenvalue weighted by molar-refractivity contribution is -0.220. The number of hydrogen-bond acceptors (Lipinski definition) is 3. The fraction of sp³-hybridized carbons (Fsp3) is 0.917. The van der Waals surface area contributed by atoms with Crippen LogP contribution in [0.1, 0.15) is 54.4 Å². The van der Waals surface area contributed by atoms with Gasteiger partial charge in [-0.3, -0.25) is 4.79 Å². The number of carboxylic acids is 1. The van der Waals surface area contributed by atoms with Crippen molar-refractivity contribution in [3.8, 4) is 0 Å². The van der Waals surface area contributed by atoms with Crippen molar-refractivity contribution in [3.05, 3.63) is 0 Å². The molecule has 4 heteroatoms. The van der Waals surface area contributed by atoms with Crippen molar-refractivity contribution in [2.24, 2.45) is 5.92 Å². The molecule has 0 aliphatic rings. The second-order valence-electron chi connectivity index (χ2n) is 6.07. The first-order valence-corrected chi connectivity index (χ1v) is 5.70. The van der Waals surface area contributed by atoms with Crippen molar-refractivity contribution in [1.29, 1.82) is 0 Å². The zero-order valence-electron chi connectivity index (χ0n) is 11.2. The highest BCUT2D eigenvalue weighted by atomic mass is 16.5. The van der Waals surface area contributed by atoms with E-state index in [1.165, 1.54) is 5.06 Å². The van der Waals surface area contributed by atoms with Crippen LogP contribution < -0.4 is 0 Å². The topological polar surface area (TPSA) is 60.8 Å². The highest BCUT2D eigenvalue weighted by Crippen LogP contribution is 2.27. The largest absolute Gasteiger partial charge is 0.481 e. The summed E-state index contributed by atoms with van der Waals surface area (Å²) < 4.78 is 0. The van der Waals surface area contributed by atoms with Crippen molar-refractivity contribution >= 4 is 5.97 Å². The number of hydroxylamine groups is 2. The Hall–Kier alpha value is -0.610. The van der Waals surface area contributed by atoms with E-state index >= 15 is 0 Å². The van der Waals surface area contributed by atoms with Crippen molar-refractivity contribution in [2.45, 2.75) is 65.5 Å². The molecule has 1 unspecified atom stereocenters. The van der Waals surface area contributed by atoms with E-state index in [1.807, 2.05) is 34.6 Å². The molecule has 0 bridgehead atoms. The van der Waals surface area contributed by atoms with Crippen molar-refractivity contribution in [2.75, 3.05) is 0 Å². The van der Waals surface area contributed by atoms with Crippen LogP contribution in [0.15, 0.2) is 0 Å². The number of rotatable bonds is 5. The van der Waals surface area contributed by atoms with Gasteiger partial charge in [0.15, 0.2) is 0 Å². The van der Waals surface area contributed by atoms with E-state index in [1.54, 1.807) is 6.92 Å². The Morgan fingerprint density at radius 3 is 2.00 bits per heavy atom. The van der Waals surface area contributed by atoms with Gasteiger partial charge < -0.3 is 10.3 Å². The van der Waals surface area contributed by atoms with Gasteiger partial charge in [0.05, 0.1) is 5.92 Å². The zero-order valence-corrected chi connectivity index (χ0v) is 11.2. The van der Waals surface area contributed by atoms with Gasteiger partial charge in [-0.25, -0.2) is 0 Å². The van der Waals surface area contributed by atoms with Crippen LogP contribution in [0.25, 0.3) is 0 Å². The summed E-state index contributed by atoms with van der Waals surface area (Å²) in [6.45, 7) is 11.3. The summed E-state index contributed by atoms with van der Waals surface area (Å²) in [6.07, 6.45) is 1.21. The minimum absolute atomic E-state index is 0.337. The predicted molar refractivity (Wildman–Crippen MR) is 63.5 cm³/mol. The van der Waals surface area contributed by atoms with E-state index in [4.69, 9.17) is 5.11 Å². The lowest BCUT2D eigenvalue weighted by Crippen LogP contribution is -2.52. The van der Waals surface area contributed by atoms with Gasteiger partial charge in [0, 0.05) is 11.1 Å².